The molecule has 1 heterocycles. The number of carbonyl (C=O) groups is 2. The van der Waals surface area contributed by atoms with Gasteiger partial charge in [-0.1, -0.05) is 6.08 Å². The number of hydrogen-bond acceptors (Lipinski definition) is 7. The lowest BCUT2D eigenvalue weighted by molar-refractivity contribution is -0.135. The first-order valence-corrected chi connectivity index (χ1v) is 12.3. The molecule has 2 aliphatic rings. The van der Waals surface area contributed by atoms with Gasteiger partial charge in [0.05, 0.1) is 30.9 Å². The van der Waals surface area contributed by atoms with Crippen LogP contribution < -0.4 is 14.4 Å². The summed E-state index contributed by atoms with van der Waals surface area (Å²) in [5.41, 5.74) is 1.65. The van der Waals surface area contributed by atoms with E-state index in [2.05, 4.69) is 0 Å². The van der Waals surface area contributed by atoms with Crippen molar-refractivity contribution in [3.63, 3.8) is 0 Å². The molecule has 0 radical (unpaired) electrons. The van der Waals surface area contributed by atoms with Crippen LogP contribution in [0.1, 0.15) is 12.8 Å². The summed E-state index contributed by atoms with van der Waals surface area (Å²) in [6.45, 7) is 1.06. The zero-order chi connectivity index (χ0) is 24.9. The van der Waals surface area contributed by atoms with E-state index in [0.717, 1.165) is 27.7 Å². The summed E-state index contributed by atoms with van der Waals surface area (Å²) in [4.78, 5) is 31.2. The molecule has 7 nitrogen and oxygen atoms in total. The molecule has 0 spiro atoms. The Bertz CT molecular complexity index is 1160. The Hall–Kier alpha value is -3.23. The lowest BCUT2D eigenvalue weighted by Crippen LogP contribution is -2.42. The van der Waals surface area contributed by atoms with Crippen LogP contribution in [0.3, 0.4) is 0 Å². The summed E-state index contributed by atoms with van der Waals surface area (Å²) in [5.74, 6) is 2.04. The van der Waals surface area contributed by atoms with Gasteiger partial charge in [-0.2, -0.15) is 0 Å². The van der Waals surface area contributed by atoms with Crippen molar-refractivity contribution in [2.75, 3.05) is 46.3 Å². The summed E-state index contributed by atoms with van der Waals surface area (Å²) in [6.07, 6.45) is 5.18. The van der Waals surface area contributed by atoms with Crippen molar-refractivity contribution < 1.29 is 23.8 Å². The summed E-state index contributed by atoms with van der Waals surface area (Å²) in [5, 5.41) is -0.587. The number of methoxy groups -OCH3 is 2. The number of allylic oxidation sites excluding steroid dienone is 3. The first-order chi connectivity index (χ1) is 16.9. The van der Waals surface area contributed by atoms with Gasteiger partial charge in [-0.05, 0) is 74.6 Å². The smallest absolute Gasteiger partial charge is 0.296 e. The third kappa shape index (κ3) is 5.71. The highest BCUT2D eigenvalue weighted by Gasteiger charge is 2.38. The Kier molecular flexibility index (Phi) is 7.83. The first kappa shape index (κ1) is 24.9. The van der Waals surface area contributed by atoms with Crippen molar-refractivity contribution in [1.82, 2.24) is 4.90 Å². The first-order valence-electron chi connectivity index (χ1n) is 11.5. The van der Waals surface area contributed by atoms with E-state index in [1.807, 2.05) is 73.6 Å². The maximum absolute atomic E-state index is 13.4. The quantitative estimate of drug-likeness (QED) is 0.494. The lowest BCUT2D eigenvalue weighted by atomic mass is 9.98. The van der Waals surface area contributed by atoms with Crippen molar-refractivity contribution in [2.24, 2.45) is 0 Å². The Morgan fingerprint density at radius 2 is 1.66 bits per heavy atom. The number of Topliss-reactive ketones (excluding diaryl/α,β-unsaturated/α-hetero) is 1. The van der Waals surface area contributed by atoms with E-state index in [1.165, 1.54) is 11.8 Å². The highest BCUT2D eigenvalue weighted by molar-refractivity contribution is 8.01. The number of likely N-dealkylation sites (N-methyl/N-ethyl adjacent to an activating group) is 1. The second-order valence-electron chi connectivity index (χ2n) is 8.61. The third-order valence-corrected chi connectivity index (χ3v) is 7.30. The van der Waals surface area contributed by atoms with E-state index >= 15 is 0 Å². The molecular weight excluding hydrogens is 464 g/mol. The molecule has 0 fully saturated rings. The highest BCUT2D eigenvalue weighted by atomic mass is 32.2. The summed E-state index contributed by atoms with van der Waals surface area (Å²) in [7, 11) is 7.15. The molecule has 1 atom stereocenters. The summed E-state index contributed by atoms with van der Waals surface area (Å²) < 4.78 is 16.6. The number of nitrogens with zero attached hydrogens (tertiary/aromatic N) is 2. The van der Waals surface area contributed by atoms with Crippen LogP contribution in [0.15, 0.2) is 70.8 Å². The Morgan fingerprint density at radius 3 is 2.29 bits per heavy atom. The van der Waals surface area contributed by atoms with E-state index in [1.54, 1.807) is 19.1 Å². The molecule has 184 valence electrons. The van der Waals surface area contributed by atoms with Gasteiger partial charge < -0.3 is 24.0 Å². The number of fused-ring (bicyclic) bond motifs is 1. The van der Waals surface area contributed by atoms with Crippen LogP contribution in [0.4, 0.5) is 5.69 Å². The fraction of sp³-hybridized carbons (Fsp3) is 0.333. The number of carbonyl (C=O) groups excluding carboxylic acids is 2. The molecule has 2 aromatic carbocycles. The molecule has 0 saturated carbocycles. The molecule has 1 aliphatic carbocycles. The molecule has 35 heavy (non-hydrogen) atoms. The van der Waals surface area contributed by atoms with Crippen LogP contribution in [0.2, 0.25) is 0 Å². The van der Waals surface area contributed by atoms with E-state index < -0.39 is 16.9 Å². The van der Waals surface area contributed by atoms with Gasteiger partial charge in [-0.3, -0.25) is 9.59 Å². The normalized spacial score (nSPS) is 18.0. The van der Waals surface area contributed by atoms with Crippen molar-refractivity contribution in [1.29, 1.82) is 0 Å². The SMILES string of the molecule is COC1=CC=C(C2Sc3cc(Oc4ccc(OC)cc4)ccc3N(CCN(C)C)C(=O)C2=O)CC1. The summed E-state index contributed by atoms with van der Waals surface area (Å²) in [6, 6.07) is 12.9. The third-order valence-electron chi connectivity index (χ3n) is 5.97. The Morgan fingerprint density at radius 1 is 0.943 bits per heavy atom. The van der Waals surface area contributed by atoms with Gasteiger partial charge in [0.15, 0.2) is 0 Å². The van der Waals surface area contributed by atoms with E-state index in [0.29, 0.717) is 37.4 Å². The number of thioether (sulfide) groups is 1. The van der Waals surface area contributed by atoms with Crippen LogP contribution in [0.25, 0.3) is 0 Å². The number of rotatable bonds is 8. The van der Waals surface area contributed by atoms with Crippen molar-refractivity contribution in [2.45, 2.75) is 23.0 Å². The second-order valence-corrected chi connectivity index (χ2v) is 9.75. The monoisotopic (exact) mass is 494 g/mol. The molecule has 1 aliphatic heterocycles. The van der Waals surface area contributed by atoms with Gasteiger partial charge in [0.2, 0.25) is 5.78 Å². The molecule has 8 heteroatoms. The Labute approximate surface area is 210 Å². The molecule has 2 aromatic rings. The predicted octanol–water partition coefficient (Wildman–Crippen LogP) is 4.68. The average molecular weight is 495 g/mol. The van der Waals surface area contributed by atoms with Gasteiger partial charge in [0.1, 0.15) is 17.2 Å². The maximum atomic E-state index is 13.4. The molecule has 0 saturated heterocycles. The molecule has 1 amide bonds. The molecule has 0 bridgehead atoms. The van der Waals surface area contributed by atoms with Gasteiger partial charge in [-0.25, -0.2) is 0 Å². The van der Waals surface area contributed by atoms with Gasteiger partial charge in [-0.15, -0.1) is 11.8 Å². The molecule has 1 unspecified atom stereocenters. The van der Waals surface area contributed by atoms with Gasteiger partial charge >= 0.3 is 0 Å². The number of anilines is 1. The average Bonchev–Trinajstić information content (AvgIpc) is 2.97. The van der Waals surface area contributed by atoms with Crippen molar-refractivity contribution >= 4 is 29.1 Å². The highest BCUT2D eigenvalue weighted by Crippen LogP contribution is 2.43. The number of hydrogen-bond donors (Lipinski definition) is 0. The zero-order valence-corrected chi connectivity index (χ0v) is 21.3. The Balaban J connectivity index is 1.69. The minimum atomic E-state index is -0.587. The van der Waals surface area contributed by atoms with E-state index in [4.69, 9.17) is 14.2 Å². The van der Waals surface area contributed by atoms with Crippen molar-refractivity contribution in [3.8, 4) is 17.2 Å². The predicted molar refractivity (Wildman–Crippen MR) is 137 cm³/mol. The fourth-order valence-electron chi connectivity index (χ4n) is 3.98. The van der Waals surface area contributed by atoms with Crippen LogP contribution >= 0.6 is 11.8 Å². The summed E-state index contributed by atoms with van der Waals surface area (Å²) >= 11 is 1.41. The second kappa shape index (κ2) is 11.0. The van der Waals surface area contributed by atoms with Crippen LogP contribution in [0, 0.1) is 0 Å². The molecule has 4 rings (SSSR count). The number of ether oxygens (including phenoxy) is 3. The number of benzene rings is 2. The largest absolute Gasteiger partial charge is 0.501 e. The van der Waals surface area contributed by atoms with Crippen molar-refractivity contribution in [3.05, 3.63) is 65.9 Å². The minimum Gasteiger partial charge on any atom is -0.501 e. The zero-order valence-electron chi connectivity index (χ0n) is 20.4. The van der Waals surface area contributed by atoms with Gasteiger partial charge in [0.25, 0.3) is 5.91 Å². The fourth-order valence-corrected chi connectivity index (χ4v) is 5.27. The number of ketones is 1. The number of amides is 1. The standard InChI is InChI=1S/C27H30N2O5S/c1-28(2)15-16-29-23-14-13-22(34-21-11-9-20(33-4)10-12-21)17-24(23)35-26(25(30)27(29)31)18-5-7-19(32-3)8-6-18/h5,7,9-14,17,26H,6,8,15-16H2,1-4H3. The van der Waals surface area contributed by atoms with Gasteiger partial charge in [0, 0.05) is 24.4 Å². The molecule has 0 aromatic heterocycles. The van der Waals surface area contributed by atoms with Crippen LogP contribution in [0.5, 0.6) is 17.2 Å². The van der Waals surface area contributed by atoms with E-state index in [-0.39, 0.29) is 0 Å². The maximum Gasteiger partial charge on any atom is 0.296 e. The minimum absolute atomic E-state index is 0.400. The van der Waals surface area contributed by atoms with Crippen LogP contribution in [-0.4, -0.2) is 63.2 Å². The molecular formula is C27H30N2O5S. The van der Waals surface area contributed by atoms with Crippen LogP contribution in [-0.2, 0) is 14.3 Å². The lowest BCUT2D eigenvalue weighted by Gasteiger charge is -2.24. The molecule has 0 N–H and O–H groups in total. The van der Waals surface area contributed by atoms with E-state index in [9.17, 15) is 9.59 Å². The topological polar surface area (TPSA) is 68.3 Å².